The first-order chi connectivity index (χ1) is 16.1. The summed E-state index contributed by atoms with van der Waals surface area (Å²) < 4.78 is 5.58. The van der Waals surface area contributed by atoms with Crippen LogP contribution in [0.2, 0.25) is 10.0 Å². The number of para-hydroxylation sites is 1. The van der Waals surface area contributed by atoms with Crippen LogP contribution >= 0.6 is 23.2 Å². The quantitative estimate of drug-likeness (QED) is 0.419. The van der Waals surface area contributed by atoms with Crippen LogP contribution in [-0.2, 0) is 13.0 Å². The summed E-state index contributed by atoms with van der Waals surface area (Å²) in [5.41, 5.74) is 4.79. The Morgan fingerprint density at radius 1 is 0.909 bits per heavy atom. The van der Waals surface area contributed by atoms with Crippen molar-refractivity contribution in [1.82, 2.24) is 10.2 Å². The van der Waals surface area contributed by atoms with Gasteiger partial charge in [-0.2, -0.15) is 0 Å². The van der Waals surface area contributed by atoms with Crippen LogP contribution in [0, 0.1) is 5.92 Å². The highest BCUT2D eigenvalue weighted by molar-refractivity contribution is 6.36. The third-order valence-electron chi connectivity index (χ3n) is 7.35. The van der Waals surface area contributed by atoms with E-state index < -0.39 is 0 Å². The van der Waals surface area contributed by atoms with Crippen molar-refractivity contribution >= 4 is 23.2 Å². The van der Waals surface area contributed by atoms with Crippen molar-refractivity contribution in [2.24, 2.45) is 5.92 Å². The molecule has 5 heteroatoms. The largest absolute Gasteiger partial charge is 0.496 e. The number of hydrogen-bond donors (Lipinski definition) is 1. The predicted octanol–water partition coefficient (Wildman–Crippen LogP) is 6.46. The second-order valence-corrected chi connectivity index (χ2v) is 9.99. The maximum Gasteiger partial charge on any atom is 0.123 e. The molecule has 0 radical (unpaired) electrons. The van der Waals surface area contributed by atoms with Gasteiger partial charge >= 0.3 is 0 Å². The third-order valence-corrected chi connectivity index (χ3v) is 7.90. The molecule has 2 bridgehead atoms. The van der Waals surface area contributed by atoms with E-state index in [-0.39, 0.29) is 0 Å². The lowest BCUT2D eigenvalue weighted by atomic mass is 9.76. The standard InChI is InChI=1S/C28H30Cl2N2O/c1-33-27-9-5-3-7-21(27)18-31-28-19-12-14-32(15-13-19)26(28)16-20-6-2-4-8-23(20)24-11-10-22(29)17-25(24)30/h2-11,17,19,26,28,31H,12-16,18H2,1H3. The van der Waals surface area contributed by atoms with Gasteiger partial charge in [0.05, 0.1) is 7.11 Å². The Hall–Kier alpha value is -2.04. The molecule has 3 aromatic carbocycles. The molecule has 172 valence electrons. The highest BCUT2D eigenvalue weighted by Crippen LogP contribution is 2.37. The zero-order chi connectivity index (χ0) is 22.8. The minimum absolute atomic E-state index is 0.450. The van der Waals surface area contributed by atoms with E-state index in [1.165, 1.54) is 42.6 Å². The number of methoxy groups -OCH3 is 1. The summed E-state index contributed by atoms with van der Waals surface area (Å²) in [7, 11) is 1.74. The molecule has 3 aliphatic heterocycles. The molecule has 0 aromatic heterocycles. The second-order valence-electron chi connectivity index (χ2n) is 9.14. The lowest BCUT2D eigenvalue weighted by molar-refractivity contribution is 0.0127. The number of ether oxygens (including phenoxy) is 1. The minimum atomic E-state index is 0.450. The first kappa shape index (κ1) is 22.7. The van der Waals surface area contributed by atoms with E-state index in [1.807, 2.05) is 30.3 Å². The molecule has 3 nitrogen and oxygen atoms in total. The van der Waals surface area contributed by atoms with Crippen molar-refractivity contribution in [2.75, 3.05) is 20.2 Å². The van der Waals surface area contributed by atoms with E-state index in [9.17, 15) is 0 Å². The third kappa shape index (κ3) is 4.79. The molecular formula is C28H30Cl2N2O. The summed E-state index contributed by atoms with van der Waals surface area (Å²) in [5.74, 6) is 1.66. The van der Waals surface area contributed by atoms with E-state index >= 15 is 0 Å². The molecule has 33 heavy (non-hydrogen) atoms. The molecule has 3 aromatic rings. The molecule has 0 saturated carbocycles. The number of halogens is 2. The molecule has 0 aliphatic carbocycles. The van der Waals surface area contributed by atoms with Crippen molar-refractivity contribution in [3.05, 3.63) is 87.9 Å². The number of hydrogen-bond acceptors (Lipinski definition) is 3. The van der Waals surface area contributed by atoms with E-state index in [0.717, 1.165) is 24.3 Å². The molecule has 6 rings (SSSR count). The van der Waals surface area contributed by atoms with Gasteiger partial charge < -0.3 is 10.1 Å². The van der Waals surface area contributed by atoms with Gasteiger partial charge in [-0.05, 0) is 67.6 Å². The maximum absolute atomic E-state index is 6.60. The zero-order valence-corrected chi connectivity index (χ0v) is 20.4. The summed E-state index contributed by atoms with van der Waals surface area (Å²) in [4.78, 5) is 2.68. The Morgan fingerprint density at radius 2 is 1.64 bits per heavy atom. The van der Waals surface area contributed by atoms with Gasteiger partial charge in [-0.15, -0.1) is 0 Å². The van der Waals surface area contributed by atoms with E-state index in [0.29, 0.717) is 28.0 Å². The maximum atomic E-state index is 6.60. The fourth-order valence-corrected chi connectivity index (χ4v) is 6.19. The lowest BCUT2D eigenvalue weighted by Gasteiger charge is -2.51. The SMILES string of the molecule is COc1ccccc1CNC1C2CCN(CC2)C1Cc1ccccc1-c1ccc(Cl)cc1Cl. The topological polar surface area (TPSA) is 24.5 Å². The Morgan fingerprint density at radius 3 is 2.39 bits per heavy atom. The number of nitrogens with zero attached hydrogens (tertiary/aromatic N) is 1. The van der Waals surface area contributed by atoms with Gasteiger partial charge in [0.1, 0.15) is 5.75 Å². The average molecular weight is 481 g/mol. The molecule has 0 spiro atoms. The number of rotatable bonds is 7. The number of piperidine rings is 3. The lowest BCUT2D eigenvalue weighted by Crippen LogP contribution is -2.63. The summed E-state index contributed by atoms with van der Waals surface area (Å²) in [5, 5.41) is 5.29. The van der Waals surface area contributed by atoms with E-state index in [4.69, 9.17) is 27.9 Å². The summed E-state index contributed by atoms with van der Waals surface area (Å²) in [6.45, 7) is 3.19. The van der Waals surface area contributed by atoms with E-state index in [2.05, 4.69) is 46.6 Å². The van der Waals surface area contributed by atoms with Gasteiger partial charge in [-0.25, -0.2) is 0 Å². The van der Waals surface area contributed by atoms with Crippen LogP contribution in [-0.4, -0.2) is 37.2 Å². The molecule has 1 N–H and O–H groups in total. The smallest absolute Gasteiger partial charge is 0.123 e. The predicted molar refractivity (Wildman–Crippen MR) is 137 cm³/mol. The molecule has 3 heterocycles. The number of benzene rings is 3. The highest BCUT2D eigenvalue weighted by atomic mass is 35.5. The summed E-state index contributed by atoms with van der Waals surface area (Å²) in [6, 6.07) is 23.7. The normalized spacial score (nSPS) is 24.1. The van der Waals surface area contributed by atoms with Crippen molar-refractivity contribution in [2.45, 2.75) is 37.9 Å². The molecular weight excluding hydrogens is 451 g/mol. The Labute approximate surface area is 206 Å². The van der Waals surface area contributed by atoms with Gasteiger partial charge in [0, 0.05) is 39.8 Å². The minimum Gasteiger partial charge on any atom is -0.496 e. The van der Waals surface area contributed by atoms with Crippen LogP contribution in [0.4, 0.5) is 0 Å². The van der Waals surface area contributed by atoms with Crippen LogP contribution in [0.25, 0.3) is 11.1 Å². The second kappa shape index (κ2) is 10.1. The van der Waals surface area contributed by atoms with E-state index in [1.54, 1.807) is 7.11 Å². The monoisotopic (exact) mass is 480 g/mol. The van der Waals surface area contributed by atoms with Crippen LogP contribution in [0.1, 0.15) is 24.0 Å². The van der Waals surface area contributed by atoms with Crippen molar-refractivity contribution in [3.63, 3.8) is 0 Å². The number of nitrogens with one attached hydrogen (secondary N) is 1. The Bertz CT molecular complexity index is 1110. The average Bonchev–Trinajstić information content (AvgIpc) is 2.85. The van der Waals surface area contributed by atoms with Crippen molar-refractivity contribution in [3.8, 4) is 16.9 Å². The van der Waals surface area contributed by atoms with Gasteiger partial charge in [0.25, 0.3) is 0 Å². The van der Waals surface area contributed by atoms with Crippen LogP contribution in [0.5, 0.6) is 5.75 Å². The zero-order valence-electron chi connectivity index (χ0n) is 18.9. The van der Waals surface area contributed by atoms with Gasteiger partial charge in [0.15, 0.2) is 0 Å². The Balaban J connectivity index is 1.41. The molecule has 2 atom stereocenters. The first-order valence-electron chi connectivity index (χ1n) is 11.8. The highest BCUT2D eigenvalue weighted by Gasteiger charge is 2.42. The van der Waals surface area contributed by atoms with Gasteiger partial charge in [0.2, 0.25) is 0 Å². The van der Waals surface area contributed by atoms with Crippen molar-refractivity contribution in [1.29, 1.82) is 0 Å². The summed E-state index contributed by atoms with van der Waals surface area (Å²) in [6.07, 6.45) is 3.53. The van der Waals surface area contributed by atoms with Crippen LogP contribution in [0.3, 0.4) is 0 Å². The number of fused-ring (bicyclic) bond motifs is 3. The molecule has 3 fully saturated rings. The first-order valence-corrected chi connectivity index (χ1v) is 12.5. The Kier molecular flexibility index (Phi) is 6.94. The molecule has 0 amide bonds. The van der Waals surface area contributed by atoms with Crippen LogP contribution in [0.15, 0.2) is 66.7 Å². The molecule has 3 aliphatic rings. The fraction of sp³-hybridized carbons (Fsp3) is 0.357. The van der Waals surface area contributed by atoms with Crippen LogP contribution < -0.4 is 10.1 Å². The molecule has 3 saturated heterocycles. The van der Waals surface area contributed by atoms with Gasteiger partial charge in [-0.1, -0.05) is 71.7 Å². The summed E-state index contributed by atoms with van der Waals surface area (Å²) >= 11 is 12.8. The van der Waals surface area contributed by atoms with Gasteiger partial charge in [-0.3, -0.25) is 4.90 Å². The van der Waals surface area contributed by atoms with Crippen molar-refractivity contribution < 1.29 is 4.74 Å². The fourth-order valence-electron chi connectivity index (χ4n) is 5.68. The molecule has 2 unspecified atom stereocenters.